The Kier molecular flexibility index (Phi) is 6.37. The van der Waals surface area contributed by atoms with Crippen LogP contribution in [-0.2, 0) is 13.0 Å². The molecule has 6 nitrogen and oxygen atoms in total. The number of rotatable bonds is 7. The number of hydrogen-bond acceptors (Lipinski definition) is 4. The van der Waals surface area contributed by atoms with Gasteiger partial charge in [0.15, 0.2) is 0 Å². The summed E-state index contributed by atoms with van der Waals surface area (Å²) in [6, 6.07) is 10.0. The Balaban J connectivity index is 1.91. The Bertz CT molecular complexity index is 633. The van der Waals surface area contributed by atoms with Crippen molar-refractivity contribution in [2.75, 3.05) is 20.6 Å². The Hall–Kier alpha value is -2.34. The minimum Gasteiger partial charge on any atom is -0.361 e. The molecule has 2 amide bonds. The first-order valence-corrected chi connectivity index (χ1v) is 8.10. The summed E-state index contributed by atoms with van der Waals surface area (Å²) < 4.78 is 5.11. The molecule has 6 heteroatoms. The second-order valence-corrected chi connectivity index (χ2v) is 6.28. The van der Waals surface area contributed by atoms with Gasteiger partial charge >= 0.3 is 6.03 Å². The van der Waals surface area contributed by atoms with Gasteiger partial charge in [-0.3, -0.25) is 0 Å². The summed E-state index contributed by atoms with van der Waals surface area (Å²) in [7, 11) is 4.00. The Labute approximate surface area is 143 Å². The van der Waals surface area contributed by atoms with E-state index in [1.54, 1.807) is 0 Å². The molecule has 1 heterocycles. The average molecular weight is 330 g/mol. The molecule has 1 atom stereocenters. The normalized spacial score (nSPS) is 12.2. The van der Waals surface area contributed by atoms with E-state index in [1.165, 1.54) is 5.56 Å². The van der Waals surface area contributed by atoms with Crippen LogP contribution in [0.4, 0.5) is 4.79 Å². The van der Waals surface area contributed by atoms with E-state index < -0.39 is 0 Å². The first-order chi connectivity index (χ1) is 11.5. The maximum Gasteiger partial charge on any atom is 0.315 e. The van der Waals surface area contributed by atoms with E-state index in [0.717, 1.165) is 30.0 Å². The van der Waals surface area contributed by atoms with E-state index in [1.807, 2.05) is 46.1 Å². The van der Waals surface area contributed by atoms with Gasteiger partial charge in [0.05, 0.1) is 5.69 Å². The van der Waals surface area contributed by atoms with Gasteiger partial charge in [-0.25, -0.2) is 4.79 Å². The highest BCUT2D eigenvalue weighted by molar-refractivity contribution is 5.74. The van der Waals surface area contributed by atoms with Crippen LogP contribution in [0.1, 0.15) is 22.6 Å². The van der Waals surface area contributed by atoms with Gasteiger partial charge in [-0.2, -0.15) is 0 Å². The van der Waals surface area contributed by atoms with Crippen molar-refractivity contribution in [1.82, 2.24) is 20.7 Å². The maximum atomic E-state index is 12.3. The number of carbonyl (C=O) groups is 1. The molecule has 0 aliphatic carbocycles. The lowest BCUT2D eigenvalue weighted by Crippen LogP contribution is -2.47. The van der Waals surface area contributed by atoms with Crippen molar-refractivity contribution in [2.45, 2.75) is 32.9 Å². The van der Waals surface area contributed by atoms with Crippen molar-refractivity contribution in [2.24, 2.45) is 0 Å². The monoisotopic (exact) mass is 330 g/mol. The van der Waals surface area contributed by atoms with Crippen molar-refractivity contribution >= 4 is 6.03 Å². The first-order valence-electron chi connectivity index (χ1n) is 8.10. The van der Waals surface area contributed by atoms with E-state index in [0.29, 0.717) is 6.54 Å². The van der Waals surface area contributed by atoms with E-state index in [4.69, 9.17) is 4.52 Å². The predicted octanol–water partition coefficient (Wildman–Crippen LogP) is 2.26. The maximum absolute atomic E-state index is 12.3. The zero-order chi connectivity index (χ0) is 17.5. The van der Waals surface area contributed by atoms with E-state index in [9.17, 15) is 4.79 Å². The molecule has 0 aliphatic heterocycles. The van der Waals surface area contributed by atoms with Gasteiger partial charge in [0, 0.05) is 24.7 Å². The van der Waals surface area contributed by atoms with Crippen LogP contribution in [0.25, 0.3) is 0 Å². The number of nitrogens with one attached hydrogen (secondary N) is 2. The SMILES string of the molecule is Cc1noc(C)c1CNC(=O)NC(Cc1ccccc1)CN(C)C. The molecule has 0 saturated carbocycles. The van der Waals surface area contributed by atoms with Crippen LogP contribution in [0.3, 0.4) is 0 Å². The highest BCUT2D eigenvalue weighted by atomic mass is 16.5. The molecule has 2 aromatic rings. The number of benzene rings is 1. The van der Waals surface area contributed by atoms with Crippen LogP contribution < -0.4 is 10.6 Å². The largest absolute Gasteiger partial charge is 0.361 e. The molecule has 1 aromatic carbocycles. The number of hydrogen-bond donors (Lipinski definition) is 2. The lowest BCUT2D eigenvalue weighted by molar-refractivity contribution is 0.232. The van der Waals surface area contributed by atoms with E-state index in [-0.39, 0.29) is 12.1 Å². The molecule has 0 radical (unpaired) electrons. The number of aromatic nitrogens is 1. The molecule has 1 unspecified atom stereocenters. The predicted molar refractivity (Wildman–Crippen MR) is 93.8 cm³/mol. The van der Waals surface area contributed by atoms with Crippen molar-refractivity contribution in [3.05, 3.63) is 52.9 Å². The lowest BCUT2D eigenvalue weighted by atomic mass is 10.1. The van der Waals surface area contributed by atoms with Crippen molar-refractivity contribution < 1.29 is 9.32 Å². The van der Waals surface area contributed by atoms with Crippen molar-refractivity contribution in [3.8, 4) is 0 Å². The van der Waals surface area contributed by atoms with Crippen molar-refractivity contribution in [1.29, 1.82) is 0 Å². The zero-order valence-electron chi connectivity index (χ0n) is 14.8. The Morgan fingerprint density at radius 3 is 2.54 bits per heavy atom. The van der Waals surface area contributed by atoms with Gasteiger partial charge in [-0.15, -0.1) is 0 Å². The first kappa shape index (κ1) is 18.0. The molecular weight excluding hydrogens is 304 g/mol. The van der Waals surface area contributed by atoms with E-state index in [2.05, 4.69) is 32.8 Å². The van der Waals surface area contributed by atoms with Crippen LogP contribution in [0.5, 0.6) is 0 Å². The molecule has 130 valence electrons. The summed E-state index contributed by atoms with van der Waals surface area (Å²) in [5.41, 5.74) is 2.94. The minimum absolute atomic E-state index is 0.0343. The van der Waals surface area contributed by atoms with E-state index >= 15 is 0 Å². The van der Waals surface area contributed by atoms with Gasteiger partial charge in [0.25, 0.3) is 0 Å². The molecular formula is C18H26N4O2. The molecule has 0 fully saturated rings. The van der Waals surface area contributed by atoms with Gasteiger partial charge in [-0.05, 0) is 39.9 Å². The molecule has 0 aliphatic rings. The second-order valence-electron chi connectivity index (χ2n) is 6.28. The molecule has 24 heavy (non-hydrogen) atoms. The van der Waals surface area contributed by atoms with Crippen LogP contribution in [0.15, 0.2) is 34.9 Å². The summed E-state index contributed by atoms with van der Waals surface area (Å²) in [5, 5.41) is 9.84. The fourth-order valence-corrected chi connectivity index (χ4v) is 2.66. The number of likely N-dealkylation sites (N-methyl/N-ethyl adjacent to an activating group) is 1. The summed E-state index contributed by atoms with van der Waals surface area (Å²) >= 11 is 0. The number of amides is 2. The quantitative estimate of drug-likeness (QED) is 0.817. The van der Waals surface area contributed by atoms with Crippen LogP contribution in [0.2, 0.25) is 0 Å². The van der Waals surface area contributed by atoms with Gasteiger partial charge in [0.2, 0.25) is 0 Å². The van der Waals surface area contributed by atoms with Gasteiger partial charge in [-0.1, -0.05) is 35.5 Å². The van der Waals surface area contributed by atoms with Gasteiger partial charge < -0.3 is 20.1 Å². The number of carbonyl (C=O) groups excluding carboxylic acids is 1. The minimum atomic E-state index is -0.183. The highest BCUT2D eigenvalue weighted by Gasteiger charge is 2.15. The average Bonchev–Trinajstić information content (AvgIpc) is 2.84. The smallest absolute Gasteiger partial charge is 0.315 e. The van der Waals surface area contributed by atoms with Crippen LogP contribution in [-0.4, -0.2) is 42.8 Å². The highest BCUT2D eigenvalue weighted by Crippen LogP contribution is 2.11. The molecule has 0 saturated heterocycles. The summed E-state index contributed by atoms with van der Waals surface area (Å²) in [6.07, 6.45) is 0.789. The van der Waals surface area contributed by atoms with Crippen LogP contribution in [0, 0.1) is 13.8 Å². The topological polar surface area (TPSA) is 70.4 Å². The molecule has 0 spiro atoms. The Morgan fingerprint density at radius 2 is 1.96 bits per heavy atom. The lowest BCUT2D eigenvalue weighted by Gasteiger charge is -2.22. The van der Waals surface area contributed by atoms with Crippen molar-refractivity contribution in [3.63, 3.8) is 0 Å². The third-order valence-electron chi connectivity index (χ3n) is 3.85. The number of nitrogens with zero attached hydrogens (tertiary/aromatic N) is 2. The zero-order valence-corrected chi connectivity index (χ0v) is 14.8. The molecule has 0 bridgehead atoms. The van der Waals surface area contributed by atoms with Gasteiger partial charge in [0.1, 0.15) is 5.76 Å². The fraction of sp³-hybridized carbons (Fsp3) is 0.444. The summed E-state index contributed by atoms with van der Waals surface area (Å²) in [6.45, 7) is 4.90. The second kappa shape index (κ2) is 8.49. The molecule has 2 N–H and O–H groups in total. The summed E-state index contributed by atoms with van der Waals surface area (Å²) in [4.78, 5) is 14.3. The van der Waals surface area contributed by atoms with Crippen LogP contribution >= 0.6 is 0 Å². The molecule has 1 aromatic heterocycles. The summed E-state index contributed by atoms with van der Waals surface area (Å²) in [5.74, 6) is 0.738. The third-order valence-corrected chi connectivity index (χ3v) is 3.85. The standard InChI is InChI=1S/C18H26N4O2/c1-13-17(14(2)24-21-13)11-19-18(23)20-16(12-22(3)4)10-15-8-6-5-7-9-15/h5-9,16H,10-12H2,1-4H3,(H2,19,20,23). The number of aryl methyl sites for hydroxylation is 2. The number of urea groups is 1. The molecule has 2 rings (SSSR count). The Morgan fingerprint density at radius 1 is 1.25 bits per heavy atom. The third kappa shape index (κ3) is 5.38. The fourth-order valence-electron chi connectivity index (χ4n) is 2.66.